The van der Waals surface area contributed by atoms with Gasteiger partial charge in [-0.25, -0.2) is 0 Å². The molecule has 1 heterocycles. The lowest BCUT2D eigenvalue weighted by Gasteiger charge is -2.32. The molecule has 6 nitrogen and oxygen atoms in total. The molecule has 1 saturated heterocycles. The van der Waals surface area contributed by atoms with Crippen LogP contribution in [0.4, 0.5) is 5.69 Å². The second-order valence-corrected chi connectivity index (χ2v) is 7.62. The Morgan fingerprint density at radius 2 is 2.00 bits per heavy atom. The Hall–Kier alpha value is -3.33. The number of nitrogens with one attached hydrogen (secondary N) is 2. The number of carbonyl (C=O) groups is 2. The first-order chi connectivity index (χ1) is 14.9. The fraction of sp³-hybridized carbons (Fsp3) is 0.400. The number of rotatable bonds is 8. The number of likely N-dealkylation sites (tertiary alicyclic amines) is 1. The summed E-state index contributed by atoms with van der Waals surface area (Å²) >= 11 is 0. The maximum Gasteiger partial charge on any atom is 0.271 e. The van der Waals surface area contributed by atoms with Crippen LogP contribution in [0, 0.1) is 11.3 Å². The van der Waals surface area contributed by atoms with Crippen LogP contribution < -0.4 is 10.6 Å². The van der Waals surface area contributed by atoms with E-state index in [2.05, 4.69) is 49.3 Å². The van der Waals surface area contributed by atoms with Crippen LogP contribution in [0.25, 0.3) is 5.57 Å². The molecule has 1 aromatic carbocycles. The standard InChI is InChI=1S/C25H32N4O2/c1-5-8-20(6-2)23-17-22(21-11-15-29(16-12-21)19(4)30)9-10-24(23)28-25(31)18(3)27-14-7-13-26/h7-10,14,17,21,27H,3,5-6,11-12,15-16H2,1-2,4H3,(H,28,31)/b14-7+,20-8+. The summed E-state index contributed by atoms with van der Waals surface area (Å²) in [5, 5.41) is 14.2. The average molecular weight is 421 g/mol. The van der Waals surface area contributed by atoms with Gasteiger partial charge in [0.15, 0.2) is 0 Å². The predicted molar refractivity (Wildman–Crippen MR) is 125 cm³/mol. The summed E-state index contributed by atoms with van der Waals surface area (Å²) in [6.45, 7) is 11.1. The summed E-state index contributed by atoms with van der Waals surface area (Å²) in [4.78, 5) is 26.1. The second kappa shape index (κ2) is 11.8. The molecule has 0 aliphatic carbocycles. The van der Waals surface area contributed by atoms with E-state index in [0.717, 1.165) is 50.0 Å². The highest BCUT2D eigenvalue weighted by atomic mass is 16.2. The Kier molecular flexibility index (Phi) is 9.08. The summed E-state index contributed by atoms with van der Waals surface area (Å²) < 4.78 is 0. The Morgan fingerprint density at radius 1 is 1.29 bits per heavy atom. The number of hydrogen-bond acceptors (Lipinski definition) is 4. The zero-order valence-electron chi connectivity index (χ0n) is 18.7. The smallest absolute Gasteiger partial charge is 0.271 e. The summed E-state index contributed by atoms with van der Waals surface area (Å²) in [6.07, 6.45) is 8.46. The van der Waals surface area contributed by atoms with Gasteiger partial charge >= 0.3 is 0 Å². The van der Waals surface area contributed by atoms with E-state index in [9.17, 15) is 9.59 Å². The molecule has 6 heteroatoms. The van der Waals surface area contributed by atoms with Crippen molar-refractivity contribution in [3.8, 4) is 6.07 Å². The van der Waals surface area contributed by atoms with Gasteiger partial charge in [0.2, 0.25) is 5.91 Å². The number of anilines is 1. The molecule has 1 fully saturated rings. The molecule has 164 valence electrons. The first kappa shape index (κ1) is 23.9. The number of nitrogens with zero attached hydrogens (tertiary/aromatic N) is 2. The minimum atomic E-state index is -0.349. The molecular formula is C25H32N4O2. The fourth-order valence-electron chi connectivity index (χ4n) is 3.85. The Labute approximate surface area is 185 Å². The summed E-state index contributed by atoms with van der Waals surface area (Å²) in [5.74, 6) is 0.180. The van der Waals surface area contributed by atoms with Gasteiger partial charge in [0, 0.05) is 43.5 Å². The van der Waals surface area contributed by atoms with E-state index in [1.54, 1.807) is 6.92 Å². The van der Waals surface area contributed by atoms with E-state index in [1.807, 2.05) is 17.0 Å². The molecule has 0 atom stereocenters. The van der Waals surface area contributed by atoms with Crippen LogP contribution in [0.15, 0.2) is 48.8 Å². The van der Waals surface area contributed by atoms with Gasteiger partial charge in [0.25, 0.3) is 5.91 Å². The monoisotopic (exact) mass is 420 g/mol. The quantitative estimate of drug-likeness (QED) is 0.472. The third-order valence-corrected chi connectivity index (χ3v) is 5.57. The summed E-state index contributed by atoms with van der Waals surface area (Å²) in [7, 11) is 0. The van der Waals surface area contributed by atoms with Crippen LogP contribution in [-0.2, 0) is 9.59 Å². The van der Waals surface area contributed by atoms with Crippen molar-refractivity contribution in [2.75, 3.05) is 18.4 Å². The topological polar surface area (TPSA) is 85.2 Å². The lowest BCUT2D eigenvalue weighted by Crippen LogP contribution is -2.36. The number of benzene rings is 1. The van der Waals surface area contributed by atoms with E-state index in [4.69, 9.17) is 5.26 Å². The van der Waals surface area contributed by atoms with Crippen LogP contribution in [0.3, 0.4) is 0 Å². The van der Waals surface area contributed by atoms with E-state index in [1.165, 1.54) is 23.4 Å². The normalized spacial score (nSPS) is 14.9. The SMILES string of the molecule is C=C(N/C=C/C#N)C(=O)Nc1ccc(C2CCN(C(C)=O)CC2)cc1/C(=C/CC)CC. The second-order valence-electron chi connectivity index (χ2n) is 7.62. The molecule has 2 rings (SSSR count). The molecule has 0 radical (unpaired) electrons. The molecular weight excluding hydrogens is 388 g/mol. The van der Waals surface area contributed by atoms with Crippen LogP contribution in [0.5, 0.6) is 0 Å². The van der Waals surface area contributed by atoms with Gasteiger partial charge < -0.3 is 15.5 Å². The highest BCUT2D eigenvalue weighted by molar-refractivity contribution is 6.04. The van der Waals surface area contributed by atoms with Gasteiger partial charge in [-0.15, -0.1) is 0 Å². The van der Waals surface area contributed by atoms with Crippen molar-refractivity contribution in [3.05, 3.63) is 60.0 Å². The largest absolute Gasteiger partial charge is 0.357 e. The van der Waals surface area contributed by atoms with Gasteiger partial charge in [-0.1, -0.05) is 32.6 Å². The first-order valence-electron chi connectivity index (χ1n) is 10.8. The molecule has 0 unspecified atom stereocenters. The van der Waals surface area contributed by atoms with Gasteiger partial charge in [-0.2, -0.15) is 5.26 Å². The Morgan fingerprint density at radius 3 is 2.58 bits per heavy atom. The zero-order valence-corrected chi connectivity index (χ0v) is 18.7. The lowest BCUT2D eigenvalue weighted by molar-refractivity contribution is -0.129. The maximum absolute atomic E-state index is 12.6. The maximum atomic E-state index is 12.6. The number of allylic oxidation sites excluding steroid dienone is 3. The van der Waals surface area contributed by atoms with Gasteiger partial charge in [-0.3, -0.25) is 9.59 Å². The molecule has 1 aliphatic rings. The Balaban J connectivity index is 2.28. The van der Waals surface area contributed by atoms with E-state index >= 15 is 0 Å². The van der Waals surface area contributed by atoms with Crippen molar-refractivity contribution >= 4 is 23.1 Å². The molecule has 2 amide bonds. The molecule has 0 spiro atoms. The molecule has 1 aliphatic heterocycles. The molecule has 0 bridgehead atoms. The van der Waals surface area contributed by atoms with Crippen molar-refractivity contribution in [2.24, 2.45) is 0 Å². The van der Waals surface area contributed by atoms with Crippen molar-refractivity contribution in [2.45, 2.75) is 52.4 Å². The minimum absolute atomic E-state index is 0.134. The number of nitriles is 1. The van der Waals surface area contributed by atoms with Crippen LogP contribution in [0.1, 0.15) is 63.5 Å². The lowest BCUT2D eigenvalue weighted by atomic mass is 9.86. The van der Waals surface area contributed by atoms with Crippen molar-refractivity contribution in [1.82, 2.24) is 10.2 Å². The molecule has 31 heavy (non-hydrogen) atoms. The minimum Gasteiger partial charge on any atom is -0.357 e. The molecule has 2 N–H and O–H groups in total. The van der Waals surface area contributed by atoms with E-state index < -0.39 is 0 Å². The van der Waals surface area contributed by atoms with Crippen LogP contribution >= 0.6 is 0 Å². The third-order valence-electron chi connectivity index (χ3n) is 5.57. The van der Waals surface area contributed by atoms with Crippen molar-refractivity contribution < 1.29 is 9.59 Å². The van der Waals surface area contributed by atoms with E-state index in [0.29, 0.717) is 5.92 Å². The summed E-state index contributed by atoms with van der Waals surface area (Å²) in [6, 6.07) is 8.06. The average Bonchev–Trinajstić information content (AvgIpc) is 2.78. The van der Waals surface area contributed by atoms with Crippen LogP contribution in [-0.4, -0.2) is 29.8 Å². The third kappa shape index (κ3) is 6.58. The predicted octanol–water partition coefficient (Wildman–Crippen LogP) is 4.69. The number of carbonyl (C=O) groups excluding carboxylic acids is 2. The molecule has 0 aromatic heterocycles. The van der Waals surface area contributed by atoms with Gasteiger partial charge in [0.05, 0.1) is 11.8 Å². The summed E-state index contributed by atoms with van der Waals surface area (Å²) in [5.41, 5.74) is 4.34. The first-order valence-corrected chi connectivity index (χ1v) is 10.8. The number of amides is 2. The molecule has 1 aromatic rings. The number of hydrogen-bond donors (Lipinski definition) is 2. The molecule has 0 saturated carbocycles. The highest BCUT2D eigenvalue weighted by Gasteiger charge is 2.23. The van der Waals surface area contributed by atoms with Crippen molar-refractivity contribution in [1.29, 1.82) is 5.26 Å². The van der Waals surface area contributed by atoms with Crippen LogP contribution in [0.2, 0.25) is 0 Å². The number of piperidine rings is 1. The highest BCUT2D eigenvalue weighted by Crippen LogP contribution is 2.34. The van der Waals surface area contributed by atoms with Gasteiger partial charge in [0.1, 0.15) is 0 Å². The van der Waals surface area contributed by atoms with Gasteiger partial charge in [-0.05, 0) is 54.9 Å². The Bertz CT molecular complexity index is 916. The zero-order chi connectivity index (χ0) is 22.8. The van der Waals surface area contributed by atoms with Crippen molar-refractivity contribution in [3.63, 3.8) is 0 Å². The fourth-order valence-corrected chi connectivity index (χ4v) is 3.85. The van der Waals surface area contributed by atoms with E-state index in [-0.39, 0.29) is 17.5 Å².